The average Bonchev–Trinajstić information content (AvgIpc) is 2.17. The molecule has 84 valence electrons. The highest BCUT2D eigenvalue weighted by atomic mass is 15.2. The summed E-state index contributed by atoms with van der Waals surface area (Å²) in [6.07, 6.45) is 1.31. The lowest BCUT2D eigenvalue weighted by molar-refractivity contribution is 0.122. The van der Waals surface area contributed by atoms with Crippen LogP contribution in [0.5, 0.6) is 0 Å². The van der Waals surface area contributed by atoms with E-state index in [1.165, 1.54) is 13.0 Å². The Morgan fingerprint density at radius 2 is 2.14 bits per heavy atom. The highest BCUT2D eigenvalue weighted by Crippen LogP contribution is 2.23. The van der Waals surface area contributed by atoms with Gasteiger partial charge in [0.25, 0.3) is 0 Å². The van der Waals surface area contributed by atoms with Crippen molar-refractivity contribution in [1.82, 2.24) is 10.2 Å². The highest BCUT2D eigenvalue weighted by molar-refractivity contribution is 4.84. The van der Waals surface area contributed by atoms with E-state index in [9.17, 15) is 0 Å². The maximum absolute atomic E-state index is 5.61. The molecule has 1 aliphatic heterocycles. The zero-order valence-electron chi connectivity index (χ0n) is 9.79. The standard InChI is InChI=1S/C11H25N3/c1-9(2)10-6-11(13-3)8-14(7-10)5-4-12/h9-11,13H,4-8,12H2,1-3H3. The van der Waals surface area contributed by atoms with Crippen molar-refractivity contribution in [2.75, 3.05) is 33.2 Å². The number of nitrogens with two attached hydrogens (primary N) is 1. The van der Waals surface area contributed by atoms with Crippen LogP contribution < -0.4 is 11.1 Å². The number of nitrogens with zero attached hydrogens (tertiary/aromatic N) is 1. The first-order chi connectivity index (χ1) is 6.67. The lowest BCUT2D eigenvalue weighted by Gasteiger charge is -2.39. The molecule has 0 spiro atoms. The van der Waals surface area contributed by atoms with Crippen molar-refractivity contribution >= 4 is 0 Å². The van der Waals surface area contributed by atoms with Gasteiger partial charge < -0.3 is 16.0 Å². The van der Waals surface area contributed by atoms with Crippen LogP contribution in [0.1, 0.15) is 20.3 Å². The quantitative estimate of drug-likeness (QED) is 0.693. The van der Waals surface area contributed by atoms with Gasteiger partial charge in [-0.1, -0.05) is 13.8 Å². The molecular weight excluding hydrogens is 174 g/mol. The zero-order valence-corrected chi connectivity index (χ0v) is 9.79. The van der Waals surface area contributed by atoms with Crippen LogP contribution in [0.15, 0.2) is 0 Å². The molecule has 2 unspecified atom stereocenters. The maximum Gasteiger partial charge on any atom is 0.0195 e. The van der Waals surface area contributed by atoms with Gasteiger partial charge in [-0.3, -0.25) is 0 Å². The topological polar surface area (TPSA) is 41.3 Å². The van der Waals surface area contributed by atoms with Gasteiger partial charge in [-0.25, -0.2) is 0 Å². The number of hydrogen-bond acceptors (Lipinski definition) is 3. The van der Waals surface area contributed by atoms with Gasteiger partial charge in [0.15, 0.2) is 0 Å². The highest BCUT2D eigenvalue weighted by Gasteiger charge is 2.27. The third-order valence-corrected chi connectivity index (χ3v) is 3.35. The predicted octanol–water partition coefficient (Wildman–Crippen LogP) is 0.511. The molecule has 1 saturated heterocycles. The fraction of sp³-hybridized carbons (Fsp3) is 1.00. The van der Waals surface area contributed by atoms with Crippen molar-refractivity contribution in [3.63, 3.8) is 0 Å². The molecule has 1 rings (SSSR count). The van der Waals surface area contributed by atoms with E-state index in [-0.39, 0.29) is 0 Å². The second-order valence-electron chi connectivity index (χ2n) is 4.77. The Kier molecular flexibility index (Phi) is 4.85. The van der Waals surface area contributed by atoms with Crippen LogP contribution in [0.25, 0.3) is 0 Å². The monoisotopic (exact) mass is 199 g/mol. The van der Waals surface area contributed by atoms with Gasteiger partial charge >= 0.3 is 0 Å². The van der Waals surface area contributed by atoms with E-state index < -0.39 is 0 Å². The molecule has 0 amide bonds. The van der Waals surface area contributed by atoms with Crippen LogP contribution in [0.3, 0.4) is 0 Å². The summed E-state index contributed by atoms with van der Waals surface area (Å²) in [5, 5.41) is 3.39. The van der Waals surface area contributed by atoms with Gasteiger partial charge in [-0.05, 0) is 25.3 Å². The molecule has 0 saturated carbocycles. The summed E-state index contributed by atoms with van der Waals surface area (Å²) in [5.74, 6) is 1.61. The molecule has 0 aliphatic carbocycles. The molecule has 0 aromatic heterocycles. The fourth-order valence-electron chi connectivity index (χ4n) is 2.29. The lowest BCUT2D eigenvalue weighted by atomic mass is 9.85. The minimum atomic E-state index is 0.655. The summed E-state index contributed by atoms with van der Waals surface area (Å²) in [5.41, 5.74) is 5.61. The molecule has 1 fully saturated rings. The van der Waals surface area contributed by atoms with Crippen LogP contribution >= 0.6 is 0 Å². The number of piperidine rings is 1. The van der Waals surface area contributed by atoms with Crippen molar-refractivity contribution in [3.05, 3.63) is 0 Å². The molecule has 14 heavy (non-hydrogen) atoms. The first-order valence-corrected chi connectivity index (χ1v) is 5.77. The Hall–Kier alpha value is -0.120. The van der Waals surface area contributed by atoms with Gasteiger partial charge in [0.05, 0.1) is 0 Å². The summed E-state index contributed by atoms with van der Waals surface area (Å²) in [6, 6.07) is 0.655. The number of nitrogens with one attached hydrogen (secondary N) is 1. The van der Waals surface area contributed by atoms with E-state index >= 15 is 0 Å². The zero-order chi connectivity index (χ0) is 10.6. The first-order valence-electron chi connectivity index (χ1n) is 5.77. The second-order valence-corrected chi connectivity index (χ2v) is 4.77. The Bertz CT molecular complexity index is 159. The van der Waals surface area contributed by atoms with Crippen LogP contribution in [0.4, 0.5) is 0 Å². The number of likely N-dealkylation sites (tertiary alicyclic amines) is 1. The van der Waals surface area contributed by atoms with Crippen molar-refractivity contribution in [2.45, 2.75) is 26.3 Å². The van der Waals surface area contributed by atoms with Gasteiger partial charge in [-0.15, -0.1) is 0 Å². The van der Waals surface area contributed by atoms with Crippen LogP contribution in [-0.2, 0) is 0 Å². The maximum atomic E-state index is 5.61. The largest absolute Gasteiger partial charge is 0.329 e. The normalized spacial score (nSPS) is 29.8. The second kappa shape index (κ2) is 5.69. The summed E-state index contributed by atoms with van der Waals surface area (Å²) >= 11 is 0. The van der Waals surface area contributed by atoms with Crippen molar-refractivity contribution in [1.29, 1.82) is 0 Å². The number of rotatable bonds is 4. The molecule has 3 nitrogen and oxygen atoms in total. The molecule has 0 radical (unpaired) electrons. The Morgan fingerprint density at radius 3 is 2.64 bits per heavy atom. The van der Waals surface area contributed by atoms with Crippen molar-refractivity contribution in [3.8, 4) is 0 Å². The van der Waals surface area contributed by atoms with Gasteiger partial charge in [0.1, 0.15) is 0 Å². The molecule has 0 aromatic rings. The smallest absolute Gasteiger partial charge is 0.0195 e. The minimum absolute atomic E-state index is 0.655. The van der Waals surface area contributed by atoms with Crippen LogP contribution in [0, 0.1) is 11.8 Å². The van der Waals surface area contributed by atoms with Crippen molar-refractivity contribution < 1.29 is 0 Å². The molecule has 3 N–H and O–H groups in total. The number of likely N-dealkylation sites (N-methyl/N-ethyl adjacent to an activating group) is 1. The van der Waals surface area contributed by atoms with Crippen molar-refractivity contribution in [2.24, 2.45) is 17.6 Å². The lowest BCUT2D eigenvalue weighted by Crippen LogP contribution is -2.50. The Morgan fingerprint density at radius 1 is 1.43 bits per heavy atom. The average molecular weight is 199 g/mol. The molecule has 3 heteroatoms. The van der Waals surface area contributed by atoms with Gasteiger partial charge in [0.2, 0.25) is 0 Å². The van der Waals surface area contributed by atoms with E-state index in [1.807, 2.05) is 0 Å². The van der Waals surface area contributed by atoms with E-state index in [2.05, 4.69) is 31.1 Å². The molecule has 0 bridgehead atoms. The van der Waals surface area contributed by atoms with E-state index in [0.717, 1.165) is 31.5 Å². The first kappa shape index (κ1) is 12.0. The summed E-state index contributed by atoms with van der Waals surface area (Å²) in [4.78, 5) is 2.50. The Labute approximate surface area is 88.0 Å². The summed E-state index contributed by atoms with van der Waals surface area (Å²) < 4.78 is 0. The molecular formula is C11H25N3. The third kappa shape index (κ3) is 3.23. The Balaban J connectivity index is 2.47. The van der Waals surface area contributed by atoms with Crippen LogP contribution in [-0.4, -0.2) is 44.2 Å². The van der Waals surface area contributed by atoms with Crippen LogP contribution in [0.2, 0.25) is 0 Å². The molecule has 1 aliphatic rings. The van der Waals surface area contributed by atoms with Gasteiger partial charge in [0, 0.05) is 32.2 Å². The minimum Gasteiger partial charge on any atom is -0.329 e. The predicted molar refractivity (Wildman–Crippen MR) is 61.3 cm³/mol. The van der Waals surface area contributed by atoms with E-state index in [0.29, 0.717) is 6.04 Å². The van der Waals surface area contributed by atoms with E-state index in [1.54, 1.807) is 0 Å². The summed E-state index contributed by atoms with van der Waals surface area (Å²) in [6.45, 7) is 8.86. The molecule has 0 aromatic carbocycles. The third-order valence-electron chi connectivity index (χ3n) is 3.35. The fourth-order valence-corrected chi connectivity index (χ4v) is 2.29. The molecule has 1 heterocycles. The molecule has 2 atom stereocenters. The number of hydrogen-bond donors (Lipinski definition) is 2. The summed E-state index contributed by atoms with van der Waals surface area (Å²) in [7, 11) is 2.06. The van der Waals surface area contributed by atoms with E-state index in [4.69, 9.17) is 5.73 Å². The van der Waals surface area contributed by atoms with Gasteiger partial charge in [-0.2, -0.15) is 0 Å². The SMILES string of the molecule is CNC1CC(C(C)C)CN(CCN)C1.